The second-order valence-corrected chi connectivity index (χ2v) is 7.03. The Labute approximate surface area is 152 Å². The van der Waals surface area contributed by atoms with Gasteiger partial charge in [-0.3, -0.25) is 20.4 Å². The number of para-hydroxylation sites is 1. The highest BCUT2D eigenvalue weighted by Crippen LogP contribution is 2.28. The van der Waals surface area contributed by atoms with E-state index in [4.69, 9.17) is 4.42 Å². The first-order chi connectivity index (χ1) is 12.5. The zero-order valence-electron chi connectivity index (χ0n) is 14.1. The third-order valence-electron chi connectivity index (χ3n) is 4.04. The number of thiazole rings is 1. The van der Waals surface area contributed by atoms with Crippen LogP contribution in [0.1, 0.15) is 21.5 Å². The molecule has 2 aromatic heterocycles. The molecule has 130 valence electrons. The summed E-state index contributed by atoms with van der Waals surface area (Å²) in [6, 6.07) is 10.9. The zero-order valence-corrected chi connectivity index (χ0v) is 14.9. The van der Waals surface area contributed by atoms with Crippen molar-refractivity contribution < 1.29 is 9.21 Å². The van der Waals surface area contributed by atoms with Gasteiger partial charge in [-0.25, -0.2) is 4.98 Å². The molecule has 0 aliphatic carbocycles. The number of aryl methyl sites for hydroxylation is 2. The fraction of sp³-hybridized carbons (Fsp3) is 0.105. The second kappa shape index (κ2) is 6.27. The van der Waals surface area contributed by atoms with Gasteiger partial charge in [-0.1, -0.05) is 29.5 Å². The number of carbonyl (C=O) groups excluding carboxylic acids is 1. The molecule has 6 nitrogen and oxygen atoms in total. The molecule has 0 bridgehead atoms. The fourth-order valence-corrected chi connectivity index (χ4v) is 3.83. The van der Waals surface area contributed by atoms with Crippen molar-refractivity contribution >= 4 is 43.6 Å². The summed E-state index contributed by atoms with van der Waals surface area (Å²) in [5, 5.41) is 0.915. The van der Waals surface area contributed by atoms with E-state index in [0.717, 1.165) is 21.3 Å². The molecular weight excluding hydrogens is 350 g/mol. The molecule has 2 heterocycles. The molecule has 0 spiro atoms. The average molecular weight is 365 g/mol. The van der Waals surface area contributed by atoms with E-state index in [1.165, 1.54) is 17.6 Å². The number of anilines is 1. The number of hydrogen-bond acceptors (Lipinski definition) is 6. The van der Waals surface area contributed by atoms with Gasteiger partial charge in [0.2, 0.25) is 10.6 Å². The van der Waals surface area contributed by atoms with Gasteiger partial charge in [0.25, 0.3) is 5.91 Å². The van der Waals surface area contributed by atoms with Gasteiger partial charge in [0.1, 0.15) is 17.4 Å². The lowest BCUT2D eigenvalue weighted by Gasteiger charge is -2.05. The van der Waals surface area contributed by atoms with Gasteiger partial charge in [0.15, 0.2) is 0 Å². The third kappa shape index (κ3) is 2.82. The van der Waals surface area contributed by atoms with Crippen molar-refractivity contribution in [3.63, 3.8) is 0 Å². The Morgan fingerprint density at radius 3 is 2.85 bits per heavy atom. The quantitative estimate of drug-likeness (QED) is 0.540. The van der Waals surface area contributed by atoms with Crippen molar-refractivity contribution in [2.75, 3.05) is 5.43 Å². The van der Waals surface area contributed by atoms with Crippen molar-refractivity contribution in [1.82, 2.24) is 10.4 Å². The van der Waals surface area contributed by atoms with Crippen molar-refractivity contribution in [3.05, 3.63) is 69.6 Å². The Morgan fingerprint density at radius 1 is 1.19 bits per heavy atom. The number of nitrogens with one attached hydrogen (secondary N) is 2. The maximum atomic E-state index is 12.4. The van der Waals surface area contributed by atoms with E-state index in [0.29, 0.717) is 16.1 Å². The Morgan fingerprint density at radius 2 is 2.00 bits per heavy atom. The van der Waals surface area contributed by atoms with E-state index in [2.05, 4.69) is 21.9 Å². The Balaban J connectivity index is 1.59. The largest absolute Gasteiger partial charge is 0.463 e. The summed E-state index contributed by atoms with van der Waals surface area (Å²) in [4.78, 5) is 29.3. The summed E-state index contributed by atoms with van der Waals surface area (Å²) in [7, 11) is 0. The molecule has 2 N–H and O–H groups in total. The molecule has 2 aromatic carbocycles. The molecule has 0 unspecified atom stereocenters. The number of nitrogens with zero attached hydrogens (tertiary/aromatic N) is 1. The van der Waals surface area contributed by atoms with E-state index in [-0.39, 0.29) is 11.0 Å². The van der Waals surface area contributed by atoms with Crippen LogP contribution in [0, 0.1) is 13.8 Å². The van der Waals surface area contributed by atoms with Crippen LogP contribution < -0.4 is 16.3 Å². The van der Waals surface area contributed by atoms with Crippen LogP contribution in [0.15, 0.2) is 51.9 Å². The molecule has 4 rings (SSSR count). The summed E-state index contributed by atoms with van der Waals surface area (Å²) in [6.45, 7) is 4.03. The number of aromatic nitrogens is 1. The van der Waals surface area contributed by atoms with Crippen molar-refractivity contribution in [2.24, 2.45) is 0 Å². The number of carbonyl (C=O) groups is 1. The smallest absolute Gasteiger partial charge is 0.276 e. The summed E-state index contributed by atoms with van der Waals surface area (Å²) < 4.78 is 6.40. The molecular formula is C19H15N3O3S. The molecule has 4 aromatic rings. The first-order valence-corrected chi connectivity index (χ1v) is 8.79. The van der Waals surface area contributed by atoms with Gasteiger partial charge >= 0.3 is 0 Å². The van der Waals surface area contributed by atoms with Gasteiger partial charge in [-0.15, -0.1) is 0 Å². The fourth-order valence-electron chi connectivity index (χ4n) is 2.84. The molecule has 0 atom stereocenters. The van der Waals surface area contributed by atoms with Gasteiger partial charge in [0, 0.05) is 0 Å². The number of fused-ring (bicyclic) bond motifs is 2. The Kier molecular flexibility index (Phi) is 3.93. The van der Waals surface area contributed by atoms with Crippen molar-refractivity contribution in [3.8, 4) is 0 Å². The molecule has 0 fully saturated rings. The summed E-state index contributed by atoms with van der Waals surface area (Å²) in [6.07, 6.45) is 1.17. The summed E-state index contributed by atoms with van der Waals surface area (Å²) in [5.74, 6) is -0.573. The number of rotatable bonds is 3. The molecule has 26 heavy (non-hydrogen) atoms. The first-order valence-electron chi connectivity index (χ1n) is 7.97. The van der Waals surface area contributed by atoms with Crippen LogP contribution in [0.3, 0.4) is 0 Å². The molecule has 0 saturated heterocycles. The Hall–Kier alpha value is -3.19. The summed E-state index contributed by atoms with van der Waals surface area (Å²) >= 11 is 1.43. The molecule has 0 aliphatic heterocycles. The van der Waals surface area contributed by atoms with Crippen LogP contribution in [0.5, 0.6) is 0 Å². The third-order valence-corrected chi connectivity index (χ3v) is 4.96. The molecule has 0 aliphatic rings. The molecule has 1 amide bonds. The lowest BCUT2D eigenvalue weighted by molar-refractivity contribution is 0.0960. The van der Waals surface area contributed by atoms with Crippen LogP contribution >= 0.6 is 11.3 Å². The van der Waals surface area contributed by atoms with Crippen LogP contribution in [-0.2, 0) is 0 Å². The minimum absolute atomic E-state index is 0.0654. The standard InChI is InChI=1S/C19H15N3O3S/c1-10-7-11(2)16-15(8-10)26-19(20-16)22-21-18(24)13-9-25-14-6-4-3-5-12(14)17(13)23/h3-9H,1-2H3,(H,20,22)(H,21,24). The second-order valence-electron chi connectivity index (χ2n) is 6.00. The minimum atomic E-state index is -0.573. The van der Waals surface area contributed by atoms with Gasteiger partial charge in [0.05, 0.1) is 15.6 Å². The molecule has 0 saturated carbocycles. The number of amides is 1. The van der Waals surface area contributed by atoms with E-state index >= 15 is 0 Å². The van der Waals surface area contributed by atoms with E-state index in [1.807, 2.05) is 19.9 Å². The van der Waals surface area contributed by atoms with E-state index in [1.54, 1.807) is 24.3 Å². The lowest BCUT2D eigenvalue weighted by atomic mass is 10.1. The molecule has 7 heteroatoms. The van der Waals surface area contributed by atoms with Crippen molar-refractivity contribution in [2.45, 2.75) is 13.8 Å². The number of benzene rings is 2. The number of hydrogen-bond donors (Lipinski definition) is 2. The van der Waals surface area contributed by atoms with Gasteiger partial charge in [-0.2, -0.15) is 0 Å². The highest BCUT2D eigenvalue weighted by atomic mass is 32.1. The SMILES string of the molecule is Cc1cc(C)c2nc(NNC(=O)c3coc4ccccc4c3=O)sc2c1. The maximum Gasteiger partial charge on any atom is 0.276 e. The summed E-state index contributed by atoms with van der Waals surface area (Å²) in [5.41, 5.74) is 8.42. The number of hydrazine groups is 1. The normalized spacial score (nSPS) is 11.0. The zero-order chi connectivity index (χ0) is 18.3. The lowest BCUT2D eigenvalue weighted by Crippen LogP contribution is -2.32. The topological polar surface area (TPSA) is 84.2 Å². The van der Waals surface area contributed by atoms with Crippen LogP contribution in [0.25, 0.3) is 21.2 Å². The van der Waals surface area contributed by atoms with E-state index < -0.39 is 5.91 Å². The van der Waals surface area contributed by atoms with Crippen molar-refractivity contribution in [1.29, 1.82) is 0 Å². The average Bonchev–Trinajstić information content (AvgIpc) is 3.03. The highest BCUT2D eigenvalue weighted by Gasteiger charge is 2.15. The predicted octanol–water partition coefficient (Wildman–Crippen LogP) is 3.78. The minimum Gasteiger partial charge on any atom is -0.463 e. The van der Waals surface area contributed by atoms with Gasteiger partial charge < -0.3 is 4.42 Å². The van der Waals surface area contributed by atoms with E-state index in [9.17, 15) is 9.59 Å². The maximum absolute atomic E-state index is 12.4. The highest BCUT2D eigenvalue weighted by molar-refractivity contribution is 7.22. The van der Waals surface area contributed by atoms with Crippen LogP contribution in [-0.4, -0.2) is 10.9 Å². The van der Waals surface area contributed by atoms with Crippen LogP contribution in [0.4, 0.5) is 5.13 Å². The monoisotopic (exact) mass is 365 g/mol. The predicted molar refractivity (Wildman–Crippen MR) is 103 cm³/mol. The molecule has 0 radical (unpaired) electrons. The van der Waals surface area contributed by atoms with Crippen LogP contribution in [0.2, 0.25) is 0 Å². The Bertz CT molecular complexity index is 1210. The first kappa shape index (κ1) is 16.3. The van der Waals surface area contributed by atoms with Gasteiger partial charge in [-0.05, 0) is 43.2 Å².